The van der Waals surface area contributed by atoms with Crippen LogP contribution in [0.5, 0.6) is 0 Å². The lowest BCUT2D eigenvalue weighted by molar-refractivity contribution is 0.502. The van der Waals surface area contributed by atoms with Crippen molar-refractivity contribution in [3.05, 3.63) is 33.2 Å². The molecule has 0 fully saturated rings. The molecule has 1 aromatic heterocycles. The predicted molar refractivity (Wildman–Crippen MR) is 70.1 cm³/mol. The summed E-state index contributed by atoms with van der Waals surface area (Å²) in [5, 5.41) is 0. The molecule has 0 bridgehead atoms. The number of aryl methyl sites for hydroxylation is 1. The maximum atomic E-state index is 12.3. The van der Waals surface area contributed by atoms with E-state index in [1.807, 2.05) is 4.57 Å². The molecule has 0 atom stereocenters. The minimum atomic E-state index is 0.127. The van der Waals surface area contributed by atoms with Gasteiger partial charge in [-0.05, 0) is 42.7 Å². The van der Waals surface area contributed by atoms with Gasteiger partial charge < -0.3 is 10.3 Å². The molecule has 1 aliphatic rings. The second kappa shape index (κ2) is 5.05. The minimum Gasteiger partial charge on any atom is -0.326 e. The van der Waals surface area contributed by atoms with Gasteiger partial charge in [-0.2, -0.15) is 0 Å². The highest BCUT2D eigenvalue weighted by Crippen LogP contribution is 2.22. The highest BCUT2D eigenvalue weighted by Gasteiger charge is 2.17. The fourth-order valence-electron chi connectivity index (χ4n) is 2.70. The molecule has 0 radical (unpaired) electrons. The van der Waals surface area contributed by atoms with Crippen LogP contribution < -0.4 is 11.3 Å². The summed E-state index contributed by atoms with van der Waals surface area (Å²) < 4.78 is 1.86. The number of rotatable bonds is 3. The zero-order valence-corrected chi connectivity index (χ0v) is 10.8. The van der Waals surface area contributed by atoms with E-state index >= 15 is 0 Å². The topological polar surface area (TPSA) is 48.0 Å². The third-order valence-electron chi connectivity index (χ3n) is 3.47. The molecule has 1 aromatic rings. The lowest BCUT2D eigenvalue weighted by Gasteiger charge is -2.21. The van der Waals surface area contributed by atoms with Crippen molar-refractivity contribution in [2.75, 3.05) is 0 Å². The van der Waals surface area contributed by atoms with Crippen molar-refractivity contribution in [3.63, 3.8) is 0 Å². The van der Waals surface area contributed by atoms with Gasteiger partial charge in [0.1, 0.15) is 0 Å². The molecule has 3 heteroatoms. The van der Waals surface area contributed by atoms with Crippen LogP contribution in [0, 0.1) is 5.92 Å². The molecule has 2 rings (SSSR count). The fraction of sp³-hybridized carbons (Fsp3) is 0.643. The Kier molecular flexibility index (Phi) is 3.67. The van der Waals surface area contributed by atoms with Gasteiger partial charge in [-0.15, -0.1) is 0 Å². The number of nitrogens with two attached hydrogens (primary N) is 1. The van der Waals surface area contributed by atoms with E-state index in [1.54, 1.807) is 0 Å². The van der Waals surface area contributed by atoms with E-state index in [2.05, 4.69) is 20.0 Å². The van der Waals surface area contributed by atoms with Crippen LogP contribution in [-0.4, -0.2) is 4.57 Å². The monoisotopic (exact) mass is 234 g/mol. The van der Waals surface area contributed by atoms with Crippen LogP contribution in [0.15, 0.2) is 11.0 Å². The van der Waals surface area contributed by atoms with Gasteiger partial charge in [0.05, 0.1) is 0 Å². The van der Waals surface area contributed by atoms with Crippen molar-refractivity contribution < 1.29 is 0 Å². The third-order valence-corrected chi connectivity index (χ3v) is 3.47. The second-order valence-corrected chi connectivity index (χ2v) is 5.37. The van der Waals surface area contributed by atoms with Crippen molar-refractivity contribution in [2.45, 2.75) is 52.6 Å². The molecule has 94 valence electrons. The van der Waals surface area contributed by atoms with Crippen LogP contribution in [0.4, 0.5) is 0 Å². The highest BCUT2D eigenvalue weighted by molar-refractivity contribution is 5.34. The number of nitrogens with zero attached hydrogens (tertiary/aromatic N) is 1. The average Bonchev–Trinajstić information content (AvgIpc) is 2.30. The molecule has 0 saturated heterocycles. The standard InChI is InChI=1S/C14H22N2O/c1-10(2)8-16-9-11-5-3-4-6-12(11)13(7-15)14(16)17/h9-10H,3-8,15H2,1-2H3. The Bertz CT molecular complexity index is 460. The first-order chi connectivity index (χ1) is 8.13. The van der Waals surface area contributed by atoms with Crippen LogP contribution in [0.25, 0.3) is 0 Å². The van der Waals surface area contributed by atoms with Crippen molar-refractivity contribution in [3.8, 4) is 0 Å². The number of hydrogen-bond acceptors (Lipinski definition) is 2. The largest absolute Gasteiger partial charge is 0.326 e. The number of fused-ring (bicyclic) bond motifs is 1. The van der Waals surface area contributed by atoms with Crippen molar-refractivity contribution in [2.24, 2.45) is 11.7 Å². The Hall–Kier alpha value is -1.09. The van der Waals surface area contributed by atoms with Crippen molar-refractivity contribution in [1.29, 1.82) is 0 Å². The maximum Gasteiger partial charge on any atom is 0.255 e. The van der Waals surface area contributed by atoms with Gasteiger partial charge in [-0.1, -0.05) is 13.8 Å². The molecule has 0 aliphatic heterocycles. The van der Waals surface area contributed by atoms with E-state index < -0.39 is 0 Å². The van der Waals surface area contributed by atoms with E-state index in [0.29, 0.717) is 12.5 Å². The molecule has 17 heavy (non-hydrogen) atoms. The molecule has 0 spiro atoms. The molecule has 3 nitrogen and oxygen atoms in total. The van der Waals surface area contributed by atoms with Crippen LogP contribution in [0.2, 0.25) is 0 Å². The SMILES string of the molecule is CC(C)Cn1cc2c(c(CN)c1=O)CCCC2. The van der Waals surface area contributed by atoms with E-state index in [9.17, 15) is 4.79 Å². The van der Waals surface area contributed by atoms with Gasteiger partial charge in [0.15, 0.2) is 0 Å². The molecule has 0 saturated carbocycles. The summed E-state index contributed by atoms with van der Waals surface area (Å²) in [7, 11) is 0. The Morgan fingerprint density at radius 2 is 2.06 bits per heavy atom. The number of pyridine rings is 1. The third kappa shape index (κ3) is 2.44. The second-order valence-electron chi connectivity index (χ2n) is 5.37. The van der Waals surface area contributed by atoms with E-state index in [-0.39, 0.29) is 5.56 Å². The van der Waals surface area contributed by atoms with E-state index in [4.69, 9.17) is 5.73 Å². The summed E-state index contributed by atoms with van der Waals surface area (Å²) in [4.78, 5) is 12.3. The Labute approximate surface area is 103 Å². The zero-order chi connectivity index (χ0) is 12.4. The fourth-order valence-corrected chi connectivity index (χ4v) is 2.70. The number of aromatic nitrogens is 1. The Morgan fingerprint density at radius 1 is 1.35 bits per heavy atom. The highest BCUT2D eigenvalue weighted by atomic mass is 16.1. The summed E-state index contributed by atoms with van der Waals surface area (Å²) in [6, 6.07) is 0. The Balaban J connectivity index is 2.52. The molecular formula is C14H22N2O. The summed E-state index contributed by atoms with van der Waals surface area (Å²) in [5.41, 5.74) is 9.32. The van der Waals surface area contributed by atoms with Crippen molar-refractivity contribution >= 4 is 0 Å². The minimum absolute atomic E-state index is 0.127. The Morgan fingerprint density at radius 3 is 2.71 bits per heavy atom. The maximum absolute atomic E-state index is 12.3. The van der Waals surface area contributed by atoms with Gasteiger partial charge in [-0.3, -0.25) is 4.79 Å². The number of hydrogen-bond donors (Lipinski definition) is 1. The summed E-state index contributed by atoms with van der Waals surface area (Å²) in [6.45, 7) is 5.43. The molecule has 0 amide bonds. The van der Waals surface area contributed by atoms with Crippen molar-refractivity contribution in [1.82, 2.24) is 4.57 Å². The zero-order valence-electron chi connectivity index (χ0n) is 10.8. The molecule has 1 aliphatic carbocycles. The van der Waals surface area contributed by atoms with Gasteiger partial charge in [0.2, 0.25) is 0 Å². The first kappa shape index (κ1) is 12.4. The predicted octanol–water partition coefficient (Wildman–Crippen LogP) is 1.84. The average molecular weight is 234 g/mol. The molecule has 1 heterocycles. The van der Waals surface area contributed by atoms with E-state index in [1.165, 1.54) is 24.0 Å². The lowest BCUT2D eigenvalue weighted by atomic mass is 9.90. The van der Waals surface area contributed by atoms with Gasteiger partial charge in [0.25, 0.3) is 5.56 Å². The van der Waals surface area contributed by atoms with E-state index in [0.717, 1.165) is 24.9 Å². The summed E-state index contributed by atoms with van der Waals surface area (Å²) in [5.74, 6) is 0.486. The summed E-state index contributed by atoms with van der Waals surface area (Å²) >= 11 is 0. The molecule has 2 N–H and O–H groups in total. The first-order valence-corrected chi connectivity index (χ1v) is 6.57. The van der Waals surface area contributed by atoms with Crippen LogP contribution in [-0.2, 0) is 25.9 Å². The lowest BCUT2D eigenvalue weighted by Crippen LogP contribution is -2.30. The smallest absolute Gasteiger partial charge is 0.255 e. The van der Waals surface area contributed by atoms with Crippen LogP contribution >= 0.6 is 0 Å². The normalized spacial score (nSPS) is 15.1. The molecular weight excluding hydrogens is 212 g/mol. The summed E-state index contributed by atoms with van der Waals surface area (Å²) in [6.07, 6.45) is 6.61. The van der Waals surface area contributed by atoms with Crippen LogP contribution in [0.1, 0.15) is 43.4 Å². The quantitative estimate of drug-likeness (QED) is 0.867. The van der Waals surface area contributed by atoms with Gasteiger partial charge in [-0.25, -0.2) is 0 Å². The molecule has 0 aromatic carbocycles. The van der Waals surface area contributed by atoms with Gasteiger partial charge in [0, 0.05) is 24.8 Å². The molecule has 0 unspecified atom stereocenters. The van der Waals surface area contributed by atoms with Gasteiger partial charge >= 0.3 is 0 Å². The first-order valence-electron chi connectivity index (χ1n) is 6.57. The van der Waals surface area contributed by atoms with Crippen LogP contribution in [0.3, 0.4) is 0 Å².